The lowest BCUT2D eigenvalue weighted by Gasteiger charge is -2.06. The van der Waals surface area contributed by atoms with Crippen LogP contribution in [-0.4, -0.2) is 24.9 Å². The number of ketones is 1. The van der Waals surface area contributed by atoms with E-state index in [9.17, 15) is 23.3 Å². The van der Waals surface area contributed by atoms with E-state index in [1.165, 1.54) is 61.5 Å². The van der Waals surface area contributed by atoms with E-state index in [2.05, 4.69) is 4.72 Å². The first-order valence-electron chi connectivity index (χ1n) is 7.38. The fourth-order valence-electron chi connectivity index (χ4n) is 1.96. The molecule has 0 saturated heterocycles. The Hall–Kier alpha value is -3.00. The van der Waals surface area contributed by atoms with Gasteiger partial charge >= 0.3 is 0 Å². The highest BCUT2D eigenvalue weighted by atomic mass is 32.2. The molecule has 0 fully saturated rings. The highest BCUT2D eigenvalue weighted by Crippen LogP contribution is 2.16. The van der Waals surface area contributed by atoms with Gasteiger partial charge in [0.2, 0.25) is 10.0 Å². The number of benzene rings is 2. The molecule has 0 aliphatic carbocycles. The monoisotopic (exact) mass is 360 g/mol. The average molecular weight is 360 g/mol. The summed E-state index contributed by atoms with van der Waals surface area (Å²) in [6.45, 7) is 1.53. The molecule has 25 heavy (non-hydrogen) atoms. The Morgan fingerprint density at radius 2 is 1.88 bits per heavy atom. The van der Waals surface area contributed by atoms with Gasteiger partial charge in [0.25, 0.3) is 5.69 Å². The maximum Gasteiger partial charge on any atom is 0.270 e. The van der Waals surface area contributed by atoms with Crippen molar-refractivity contribution < 1.29 is 18.1 Å². The van der Waals surface area contributed by atoms with Crippen LogP contribution in [0.5, 0.6) is 0 Å². The number of sulfonamides is 1. The fourth-order valence-corrected chi connectivity index (χ4v) is 2.60. The standard InChI is InChI=1S/C17H16N2O5S/c1-2-25(23,24)18-15-9-7-14(8-10-15)17(20)11-6-13-4-3-5-16(12-13)19(21)22/h3-12,18H,2H2,1H3. The van der Waals surface area contributed by atoms with Crippen LogP contribution in [0.2, 0.25) is 0 Å². The molecule has 0 spiro atoms. The first-order chi connectivity index (χ1) is 11.8. The van der Waals surface area contributed by atoms with Crippen LogP contribution in [0.3, 0.4) is 0 Å². The summed E-state index contributed by atoms with van der Waals surface area (Å²) < 4.78 is 25.4. The van der Waals surface area contributed by atoms with Gasteiger partial charge in [0.05, 0.1) is 10.7 Å². The van der Waals surface area contributed by atoms with Gasteiger partial charge in [-0.15, -0.1) is 0 Å². The molecular weight excluding hydrogens is 344 g/mol. The number of nitro benzene ring substituents is 1. The molecule has 0 atom stereocenters. The van der Waals surface area contributed by atoms with Gasteiger partial charge in [0, 0.05) is 23.4 Å². The molecule has 1 N–H and O–H groups in total. The second kappa shape index (κ2) is 7.71. The quantitative estimate of drug-likeness (QED) is 0.353. The van der Waals surface area contributed by atoms with Crippen molar-refractivity contribution in [3.05, 3.63) is 75.8 Å². The molecule has 0 amide bonds. The highest BCUT2D eigenvalue weighted by molar-refractivity contribution is 7.92. The summed E-state index contributed by atoms with van der Waals surface area (Å²) in [5, 5.41) is 10.7. The molecule has 8 heteroatoms. The Morgan fingerprint density at radius 1 is 1.20 bits per heavy atom. The summed E-state index contributed by atoms with van der Waals surface area (Å²) in [4.78, 5) is 22.4. The number of anilines is 1. The number of hydrogen-bond donors (Lipinski definition) is 1. The zero-order valence-electron chi connectivity index (χ0n) is 13.4. The molecule has 130 valence electrons. The summed E-state index contributed by atoms with van der Waals surface area (Å²) in [6, 6.07) is 11.9. The van der Waals surface area contributed by atoms with E-state index < -0.39 is 14.9 Å². The van der Waals surface area contributed by atoms with Gasteiger partial charge < -0.3 is 0 Å². The molecule has 2 aromatic rings. The predicted molar refractivity (Wildman–Crippen MR) is 96.0 cm³/mol. The minimum Gasteiger partial charge on any atom is -0.289 e. The van der Waals surface area contributed by atoms with Crippen LogP contribution in [0.15, 0.2) is 54.6 Å². The van der Waals surface area contributed by atoms with Gasteiger partial charge in [-0.05, 0) is 42.8 Å². The third-order valence-electron chi connectivity index (χ3n) is 3.33. The number of allylic oxidation sites excluding steroid dienone is 1. The lowest BCUT2D eigenvalue weighted by molar-refractivity contribution is -0.384. The fraction of sp³-hybridized carbons (Fsp3) is 0.118. The van der Waals surface area contributed by atoms with Crippen molar-refractivity contribution in [3.8, 4) is 0 Å². The van der Waals surface area contributed by atoms with Crippen molar-refractivity contribution in [2.45, 2.75) is 6.92 Å². The van der Waals surface area contributed by atoms with Gasteiger partial charge in [-0.2, -0.15) is 0 Å². The highest BCUT2D eigenvalue weighted by Gasteiger charge is 2.08. The molecule has 0 unspecified atom stereocenters. The lowest BCUT2D eigenvalue weighted by Crippen LogP contribution is -2.14. The molecule has 2 aromatic carbocycles. The summed E-state index contributed by atoms with van der Waals surface area (Å²) >= 11 is 0. The van der Waals surface area contributed by atoms with Gasteiger partial charge in [-0.3, -0.25) is 19.6 Å². The Kier molecular flexibility index (Phi) is 5.66. The van der Waals surface area contributed by atoms with Crippen molar-refractivity contribution in [1.29, 1.82) is 0 Å². The van der Waals surface area contributed by atoms with Crippen LogP contribution < -0.4 is 4.72 Å². The SMILES string of the molecule is CCS(=O)(=O)Nc1ccc(C(=O)C=Cc2cccc([N+](=O)[O-])c2)cc1. The van der Waals surface area contributed by atoms with Crippen LogP contribution in [0, 0.1) is 10.1 Å². The van der Waals surface area contributed by atoms with Crippen molar-refractivity contribution in [2.24, 2.45) is 0 Å². The first kappa shape index (κ1) is 18.3. The molecule has 0 saturated carbocycles. The van der Waals surface area contributed by atoms with Crippen molar-refractivity contribution >= 4 is 33.3 Å². The number of nitro groups is 1. The Bertz CT molecular complexity index is 918. The third kappa shape index (κ3) is 5.25. The van der Waals surface area contributed by atoms with E-state index in [0.717, 1.165) is 0 Å². The molecule has 7 nitrogen and oxygen atoms in total. The second-order valence-electron chi connectivity index (χ2n) is 5.13. The van der Waals surface area contributed by atoms with Gasteiger partial charge in [0.15, 0.2) is 5.78 Å². The number of nitrogens with one attached hydrogen (secondary N) is 1. The Morgan fingerprint density at radius 3 is 2.48 bits per heavy atom. The molecular formula is C17H16N2O5S. The maximum absolute atomic E-state index is 12.1. The van der Waals surface area contributed by atoms with Gasteiger partial charge in [-0.1, -0.05) is 18.2 Å². The summed E-state index contributed by atoms with van der Waals surface area (Å²) in [5.74, 6) is -0.337. The molecule has 0 heterocycles. The van der Waals surface area contributed by atoms with Crippen molar-refractivity contribution in [1.82, 2.24) is 0 Å². The number of non-ortho nitro benzene ring substituents is 1. The Labute approximate surface area is 145 Å². The van der Waals surface area contributed by atoms with E-state index in [4.69, 9.17) is 0 Å². The molecule has 2 rings (SSSR count). The number of carbonyl (C=O) groups is 1. The summed E-state index contributed by atoms with van der Waals surface area (Å²) in [5.41, 5.74) is 1.24. The minimum absolute atomic E-state index is 0.0420. The number of carbonyl (C=O) groups excluding carboxylic acids is 1. The number of rotatable bonds is 7. The van der Waals surface area contributed by atoms with Crippen molar-refractivity contribution in [3.63, 3.8) is 0 Å². The van der Waals surface area contributed by atoms with E-state index >= 15 is 0 Å². The minimum atomic E-state index is -3.37. The molecule has 0 aromatic heterocycles. The van der Waals surface area contributed by atoms with Gasteiger partial charge in [-0.25, -0.2) is 8.42 Å². The molecule has 0 aliphatic heterocycles. The number of nitrogens with zero attached hydrogens (tertiary/aromatic N) is 1. The normalized spacial score (nSPS) is 11.4. The maximum atomic E-state index is 12.1. The van der Waals surface area contributed by atoms with Crippen LogP contribution >= 0.6 is 0 Å². The number of hydrogen-bond acceptors (Lipinski definition) is 5. The van der Waals surface area contributed by atoms with Crippen LogP contribution in [0.1, 0.15) is 22.8 Å². The smallest absolute Gasteiger partial charge is 0.270 e. The first-order valence-corrected chi connectivity index (χ1v) is 9.03. The zero-order valence-corrected chi connectivity index (χ0v) is 14.2. The van der Waals surface area contributed by atoms with Crippen LogP contribution in [0.4, 0.5) is 11.4 Å². The average Bonchev–Trinajstić information content (AvgIpc) is 2.60. The van der Waals surface area contributed by atoms with E-state index in [1.807, 2.05) is 0 Å². The van der Waals surface area contributed by atoms with E-state index in [0.29, 0.717) is 16.8 Å². The topological polar surface area (TPSA) is 106 Å². The van der Waals surface area contributed by atoms with Crippen LogP contribution in [0.25, 0.3) is 6.08 Å². The molecule has 0 bridgehead atoms. The largest absolute Gasteiger partial charge is 0.289 e. The summed E-state index contributed by atoms with van der Waals surface area (Å²) in [6.07, 6.45) is 2.80. The van der Waals surface area contributed by atoms with Gasteiger partial charge in [0.1, 0.15) is 0 Å². The van der Waals surface area contributed by atoms with E-state index in [1.54, 1.807) is 6.07 Å². The third-order valence-corrected chi connectivity index (χ3v) is 4.64. The van der Waals surface area contributed by atoms with Crippen molar-refractivity contribution in [2.75, 3.05) is 10.5 Å². The van der Waals surface area contributed by atoms with E-state index in [-0.39, 0.29) is 17.2 Å². The summed E-state index contributed by atoms with van der Waals surface area (Å²) in [7, 11) is -3.37. The lowest BCUT2D eigenvalue weighted by atomic mass is 10.1. The molecule has 0 radical (unpaired) electrons. The second-order valence-corrected chi connectivity index (χ2v) is 7.14. The predicted octanol–water partition coefficient (Wildman–Crippen LogP) is 3.25. The Balaban J connectivity index is 2.10. The zero-order chi connectivity index (χ0) is 18.4. The van der Waals surface area contributed by atoms with Crippen LogP contribution in [-0.2, 0) is 10.0 Å². The molecule has 0 aliphatic rings.